The number of nitro benzene ring substituents is 2. The van der Waals surface area contributed by atoms with Crippen LogP contribution in [0.25, 0.3) is 0 Å². The Morgan fingerprint density at radius 1 is 1.16 bits per heavy atom. The third-order valence-corrected chi connectivity index (χ3v) is 8.11. The quantitative estimate of drug-likeness (QED) is 0.363. The summed E-state index contributed by atoms with van der Waals surface area (Å²) in [5.41, 5.74) is 0.314. The van der Waals surface area contributed by atoms with Crippen LogP contribution >= 0.6 is 23.4 Å². The predicted molar refractivity (Wildman–Crippen MR) is 116 cm³/mol. The average molecular weight is 464 g/mol. The number of aromatic carboxylic acids is 1. The number of benzene rings is 2. The molecule has 1 saturated carbocycles. The lowest BCUT2D eigenvalue weighted by molar-refractivity contribution is -0.387. The van der Waals surface area contributed by atoms with Crippen LogP contribution in [-0.2, 0) is 0 Å². The van der Waals surface area contributed by atoms with E-state index in [4.69, 9.17) is 11.6 Å². The van der Waals surface area contributed by atoms with Crippen molar-refractivity contribution in [3.63, 3.8) is 0 Å². The number of alkyl halides is 1. The molecule has 1 aliphatic heterocycles. The first-order valence-corrected chi connectivity index (χ1v) is 10.9. The van der Waals surface area contributed by atoms with E-state index in [1.165, 1.54) is 30.0 Å². The maximum atomic E-state index is 11.7. The first kappa shape index (κ1) is 21.4. The van der Waals surface area contributed by atoms with Crippen LogP contribution in [0.1, 0.15) is 35.2 Å². The average Bonchev–Trinajstić information content (AvgIpc) is 3.04. The molecular formula is C20H18ClN3O6S. The number of carbonyl (C=O) groups is 1. The summed E-state index contributed by atoms with van der Waals surface area (Å²) in [6.07, 6.45) is 0.581. The zero-order valence-electron chi connectivity index (χ0n) is 16.2. The maximum absolute atomic E-state index is 11.7. The van der Waals surface area contributed by atoms with E-state index < -0.39 is 27.1 Å². The van der Waals surface area contributed by atoms with Gasteiger partial charge < -0.3 is 10.4 Å². The summed E-state index contributed by atoms with van der Waals surface area (Å²) in [7, 11) is 0. The zero-order chi connectivity index (χ0) is 22.4. The van der Waals surface area contributed by atoms with Gasteiger partial charge in [-0.1, -0.05) is 12.1 Å². The molecule has 0 spiro atoms. The molecule has 1 fully saturated rings. The molecule has 0 saturated heterocycles. The van der Waals surface area contributed by atoms with E-state index in [0.717, 1.165) is 0 Å². The molecule has 2 aromatic carbocycles. The van der Waals surface area contributed by atoms with Crippen LogP contribution in [-0.4, -0.2) is 37.6 Å². The molecule has 162 valence electrons. The van der Waals surface area contributed by atoms with Crippen molar-refractivity contribution in [1.29, 1.82) is 0 Å². The number of nitrogens with one attached hydrogen (secondary N) is 1. The summed E-state index contributed by atoms with van der Waals surface area (Å²) in [5.74, 6) is -1.72. The summed E-state index contributed by atoms with van der Waals surface area (Å²) in [4.78, 5) is 34.4. The second-order valence-corrected chi connectivity index (χ2v) is 9.45. The number of thioether (sulfide) groups is 1. The highest BCUT2D eigenvalue weighted by molar-refractivity contribution is 8.00. The SMILES string of the molecule is C[C@@H]1Nc2c(C(=O)O)ccc([N+](=O)[O-])c2[C@@H]2[C@H](Cl)[C@H](Sc3ccccc3[N+](=O)[O-])C[C@H]21. The monoisotopic (exact) mass is 463 g/mol. The van der Waals surface area contributed by atoms with Crippen LogP contribution in [0.4, 0.5) is 17.1 Å². The van der Waals surface area contributed by atoms with Gasteiger partial charge in [-0.15, -0.1) is 23.4 Å². The third-order valence-electron chi connectivity index (χ3n) is 6.00. The van der Waals surface area contributed by atoms with E-state index in [9.17, 15) is 30.1 Å². The van der Waals surface area contributed by atoms with Crippen molar-refractivity contribution in [2.45, 2.75) is 40.8 Å². The van der Waals surface area contributed by atoms with Crippen LogP contribution in [0.2, 0.25) is 0 Å². The Balaban J connectivity index is 1.77. The summed E-state index contributed by atoms with van der Waals surface area (Å²) in [6.45, 7) is 1.90. The molecule has 2 N–H and O–H groups in total. The van der Waals surface area contributed by atoms with Crippen molar-refractivity contribution in [1.82, 2.24) is 0 Å². The molecule has 0 amide bonds. The van der Waals surface area contributed by atoms with Gasteiger partial charge in [0.05, 0.1) is 36.9 Å². The van der Waals surface area contributed by atoms with Gasteiger partial charge in [-0.25, -0.2) is 4.79 Å². The largest absolute Gasteiger partial charge is 0.478 e. The molecular weight excluding hydrogens is 446 g/mol. The number of para-hydroxylation sites is 1. The van der Waals surface area contributed by atoms with Crippen molar-refractivity contribution in [3.05, 3.63) is 67.8 Å². The Labute approximate surface area is 186 Å². The highest BCUT2D eigenvalue weighted by Gasteiger charge is 2.52. The standard InChI is InChI=1S/C20H18ClN3O6S/c1-9-11-8-15(31-14-5-3-2-4-12(14)23(27)28)18(21)16(11)17-13(24(29)30)7-6-10(20(25)26)19(17)22-9/h2-7,9,11,15-16,18,22H,8H2,1H3,(H,25,26)/t9-,11-,15+,16+,18+/m0/s1. The lowest BCUT2D eigenvalue weighted by Crippen LogP contribution is -2.36. The van der Waals surface area contributed by atoms with Gasteiger partial charge >= 0.3 is 5.97 Å². The summed E-state index contributed by atoms with van der Waals surface area (Å²) in [6, 6.07) is 8.67. The Bertz CT molecular complexity index is 1100. The maximum Gasteiger partial charge on any atom is 0.337 e. The smallest absolute Gasteiger partial charge is 0.337 e. The van der Waals surface area contributed by atoms with Gasteiger partial charge in [-0.3, -0.25) is 20.2 Å². The number of halogens is 1. The van der Waals surface area contributed by atoms with Crippen molar-refractivity contribution >= 4 is 46.4 Å². The highest BCUT2D eigenvalue weighted by Crippen LogP contribution is 2.57. The van der Waals surface area contributed by atoms with Gasteiger partial charge in [0.25, 0.3) is 11.4 Å². The molecule has 4 rings (SSSR count). The number of carboxylic acids is 1. The number of rotatable bonds is 5. The molecule has 5 atom stereocenters. The number of nitro groups is 2. The van der Waals surface area contributed by atoms with E-state index >= 15 is 0 Å². The van der Waals surface area contributed by atoms with Gasteiger partial charge in [-0.05, 0) is 31.4 Å². The summed E-state index contributed by atoms with van der Waals surface area (Å²) in [5, 5.41) is 35.0. The van der Waals surface area contributed by atoms with Gasteiger partial charge in [0.2, 0.25) is 0 Å². The molecule has 0 bridgehead atoms. The van der Waals surface area contributed by atoms with Crippen LogP contribution in [0.5, 0.6) is 0 Å². The number of fused-ring (bicyclic) bond motifs is 3. The summed E-state index contributed by atoms with van der Waals surface area (Å²) < 4.78 is 0. The molecule has 0 radical (unpaired) electrons. The van der Waals surface area contributed by atoms with Crippen LogP contribution in [0.3, 0.4) is 0 Å². The van der Waals surface area contributed by atoms with Crippen LogP contribution < -0.4 is 5.32 Å². The fourth-order valence-corrected chi connectivity index (χ4v) is 6.59. The molecule has 1 heterocycles. The first-order chi connectivity index (χ1) is 14.7. The fraction of sp³-hybridized carbons (Fsp3) is 0.350. The minimum Gasteiger partial charge on any atom is -0.478 e. The molecule has 2 aliphatic rings. The molecule has 9 nitrogen and oxygen atoms in total. The van der Waals surface area contributed by atoms with E-state index in [1.807, 2.05) is 6.92 Å². The minimum atomic E-state index is -1.18. The Morgan fingerprint density at radius 2 is 1.84 bits per heavy atom. The third kappa shape index (κ3) is 3.59. The fourth-order valence-electron chi connectivity index (χ4n) is 4.66. The topological polar surface area (TPSA) is 136 Å². The van der Waals surface area contributed by atoms with E-state index in [0.29, 0.717) is 16.9 Å². The molecule has 11 heteroatoms. The second kappa shape index (κ2) is 8.01. The van der Waals surface area contributed by atoms with E-state index in [-0.39, 0.29) is 39.8 Å². The van der Waals surface area contributed by atoms with Gasteiger partial charge in [0, 0.05) is 29.3 Å². The molecule has 2 aromatic rings. The van der Waals surface area contributed by atoms with Crippen molar-refractivity contribution in [2.24, 2.45) is 5.92 Å². The predicted octanol–water partition coefficient (Wildman–Crippen LogP) is 4.89. The van der Waals surface area contributed by atoms with Crippen LogP contribution in [0.15, 0.2) is 41.3 Å². The van der Waals surface area contributed by atoms with Crippen molar-refractivity contribution in [3.8, 4) is 0 Å². The second-order valence-electron chi connectivity index (χ2n) is 7.67. The number of carboxylic acid groups (broad SMARTS) is 1. The Kier molecular flexibility index (Phi) is 5.52. The number of hydrogen-bond donors (Lipinski definition) is 2. The Hall–Kier alpha value is -2.85. The lowest BCUT2D eigenvalue weighted by Gasteiger charge is -2.36. The minimum absolute atomic E-state index is 0.0167. The molecule has 0 unspecified atom stereocenters. The first-order valence-electron chi connectivity index (χ1n) is 9.56. The molecule has 0 aromatic heterocycles. The van der Waals surface area contributed by atoms with E-state index in [1.54, 1.807) is 18.2 Å². The number of hydrogen-bond acceptors (Lipinski definition) is 7. The molecule has 31 heavy (non-hydrogen) atoms. The van der Waals surface area contributed by atoms with Crippen molar-refractivity contribution in [2.75, 3.05) is 5.32 Å². The number of anilines is 1. The van der Waals surface area contributed by atoms with Crippen LogP contribution in [0, 0.1) is 26.1 Å². The van der Waals surface area contributed by atoms with Gasteiger partial charge in [0.15, 0.2) is 0 Å². The lowest BCUT2D eigenvalue weighted by atomic mass is 9.78. The highest BCUT2D eigenvalue weighted by atomic mass is 35.5. The van der Waals surface area contributed by atoms with Crippen molar-refractivity contribution < 1.29 is 19.7 Å². The van der Waals surface area contributed by atoms with Gasteiger partial charge in [-0.2, -0.15) is 0 Å². The zero-order valence-corrected chi connectivity index (χ0v) is 17.8. The van der Waals surface area contributed by atoms with E-state index in [2.05, 4.69) is 5.32 Å². The Morgan fingerprint density at radius 3 is 2.48 bits per heavy atom. The summed E-state index contributed by atoms with van der Waals surface area (Å²) >= 11 is 8.14. The van der Waals surface area contributed by atoms with Gasteiger partial charge in [0.1, 0.15) is 0 Å². The normalized spacial score (nSPS) is 26.5. The number of nitrogens with zero attached hydrogens (tertiary/aromatic N) is 2. The molecule has 1 aliphatic carbocycles.